The summed E-state index contributed by atoms with van der Waals surface area (Å²) in [7, 11) is 0. The van der Waals surface area contributed by atoms with Gasteiger partial charge in [-0.25, -0.2) is 8.78 Å². The second-order valence-electron chi connectivity index (χ2n) is 9.55. The molecule has 1 saturated carbocycles. The maximum Gasteiger partial charge on any atom is 0.231 e. The van der Waals surface area contributed by atoms with Gasteiger partial charge in [0.1, 0.15) is 21.8 Å². The average molecular weight is 648 g/mol. The largest absolute Gasteiger partial charge is 0.326 e. The van der Waals surface area contributed by atoms with Crippen LogP contribution >= 0.6 is 58.0 Å². The molecule has 3 aromatic rings. The van der Waals surface area contributed by atoms with Gasteiger partial charge >= 0.3 is 0 Å². The fourth-order valence-corrected chi connectivity index (χ4v) is 5.95. The number of carbonyl (C=O) groups is 3. The Morgan fingerprint density at radius 3 is 2.27 bits per heavy atom. The molecule has 1 fully saturated rings. The van der Waals surface area contributed by atoms with Crippen LogP contribution in [0.1, 0.15) is 52.7 Å². The van der Waals surface area contributed by atoms with Gasteiger partial charge in [-0.2, -0.15) is 0 Å². The number of amides is 1. The molecular formula is C29H22Cl5F2NO3. The number of nitrogens with one attached hydrogen (secondary N) is 1. The molecule has 1 amide bonds. The second-order valence-corrected chi connectivity index (χ2v) is 12.2. The van der Waals surface area contributed by atoms with Crippen molar-refractivity contribution in [3.63, 3.8) is 0 Å². The van der Waals surface area contributed by atoms with Gasteiger partial charge in [0.2, 0.25) is 5.91 Å². The van der Waals surface area contributed by atoms with Gasteiger partial charge in [0.15, 0.2) is 5.78 Å². The lowest BCUT2D eigenvalue weighted by Gasteiger charge is -2.11. The van der Waals surface area contributed by atoms with E-state index in [1.165, 1.54) is 18.2 Å². The van der Waals surface area contributed by atoms with Crippen LogP contribution in [0.4, 0.5) is 14.5 Å². The minimum Gasteiger partial charge on any atom is -0.326 e. The number of hydrogen-bond donors (Lipinski definition) is 1. The molecule has 4 nitrogen and oxygen atoms in total. The van der Waals surface area contributed by atoms with E-state index in [1.807, 2.05) is 0 Å². The quantitative estimate of drug-likeness (QED) is 0.177. The molecule has 3 aromatic carbocycles. The summed E-state index contributed by atoms with van der Waals surface area (Å²) in [4.78, 5) is 38.1. The number of benzene rings is 3. The number of halogens is 7. The monoisotopic (exact) mass is 645 g/mol. The molecule has 0 heterocycles. The first kappa shape index (κ1) is 30.7. The highest BCUT2D eigenvalue weighted by Crippen LogP contribution is 2.65. The highest BCUT2D eigenvalue weighted by atomic mass is 35.5. The maximum atomic E-state index is 15.1. The molecule has 0 radical (unpaired) electrons. The number of rotatable bonds is 10. The summed E-state index contributed by atoms with van der Waals surface area (Å²) in [6.07, 6.45) is -0.0887. The van der Waals surface area contributed by atoms with Crippen LogP contribution in [0.3, 0.4) is 0 Å². The van der Waals surface area contributed by atoms with Crippen molar-refractivity contribution in [3.05, 3.63) is 97.5 Å². The van der Waals surface area contributed by atoms with E-state index in [-0.39, 0.29) is 39.6 Å². The smallest absolute Gasteiger partial charge is 0.231 e. The van der Waals surface area contributed by atoms with E-state index in [0.29, 0.717) is 22.0 Å². The fourth-order valence-electron chi connectivity index (χ4n) is 4.59. The van der Waals surface area contributed by atoms with Gasteiger partial charge in [-0.05, 0) is 53.9 Å². The van der Waals surface area contributed by atoms with E-state index >= 15 is 4.39 Å². The first-order chi connectivity index (χ1) is 18.8. The average Bonchev–Trinajstić information content (AvgIpc) is 3.48. The number of anilines is 1. The summed E-state index contributed by atoms with van der Waals surface area (Å²) in [6.45, 7) is 1.79. The molecule has 1 aliphatic carbocycles. The highest BCUT2D eigenvalue weighted by Gasteiger charge is 2.67. The molecule has 0 aromatic heterocycles. The van der Waals surface area contributed by atoms with Crippen LogP contribution in [-0.4, -0.2) is 21.8 Å². The molecule has 0 spiro atoms. The van der Waals surface area contributed by atoms with E-state index < -0.39 is 52.3 Å². The molecule has 0 aliphatic heterocycles. The lowest BCUT2D eigenvalue weighted by atomic mass is 9.97. The van der Waals surface area contributed by atoms with Crippen LogP contribution in [0.5, 0.6) is 0 Å². The van der Waals surface area contributed by atoms with Gasteiger partial charge in [-0.1, -0.05) is 53.9 Å². The van der Waals surface area contributed by atoms with E-state index in [2.05, 4.69) is 5.32 Å². The molecule has 0 unspecified atom stereocenters. The standard InChI is InChI=1S/C29H22Cl5F2NO3/c1-2-3-17(38)13-19-23(35)9-5-15(27(19)36)11-24(39)18-12-16(6-8-20(18)30)37-28(40)26-25(29(26,33)34)14-4-7-21(31)22(32)10-14/h4-10,12,25-26H,2-3,11,13H2,1H3,(H,37,40)/t25-,26+/m0/s1. The summed E-state index contributed by atoms with van der Waals surface area (Å²) in [5.41, 5.74) is 0.456. The summed E-state index contributed by atoms with van der Waals surface area (Å²) in [5, 5.41) is 3.42. The highest BCUT2D eigenvalue weighted by molar-refractivity contribution is 6.53. The first-order valence-electron chi connectivity index (χ1n) is 12.3. The van der Waals surface area contributed by atoms with Crippen molar-refractivity contribution in [3.8, 4) is 0 Å². The van der Waals surface area contributed by atoms with Gasteiger partial charge in [-0.15, -0.1) is 23.2 Å². The Hall–Kier alpha value is -2.22. The van der Waals surface area contributed by atoms with Gasteiger partial charge in [0, 0.05) is 42.0 Å². The zero-order valence-electron chi connectivity index (χ0n) is 21.0. The third kappa shape index (κ3) is 6.47. The van der Waals surface area contributed by atoms with E-state index in [1.54, 1.807) is 25.1 Å². The van der Waals surface area contributed by atoms with Gasteiger partial charge in [-0.3, -0.25) is 14.4 Å². The van der Waals surface area contributed by atoms with Crippen LogP contribution in [-0.2, 0) is 22.4 Å². The summed E-state index contributed by atoms with van der Waals surface area (Å²) in [6, 6.07) is 11.3. The van der Waals surface area contributed by atoms with Crippen LogP contribution < -0.4 is 5.32 Å². The Morgan fingerprint density at radius 2 is 1.60 bits per heavy atom. The van der Waals surface area contributed by atoms with Crippen molar-refractivity contribution in [2.45, 2.75) is 42.9 Å². The number of hydrogen-bond acceptors (Lipinski definition) is 3. The van der Waals surface area contributed by atoms with Crippen LogP contribution in [0.15, 0.2) is 48.5 Å². The zero-order chi connectivity index (χ0) is 29.4. The molecule has 40 heavy (non-hydrogen) atoms. The minimum atomic E-state index is -1.39. The third-order valence-electron chi connectivity index (χ3n) is 6.69. The van der Waals surface area contributed by atoms with Crippen molar-refractivity contribution in [2.75, 3.05) is 5.32 Å². The van der Waals surface area contributed by atoms with E-state index in [4.69, 9.17) is 58.0 Å². The van der Waals surface area contributed by atoms with Crippen LogP contribution in [0, 0.1) is 17.6 Å². The third-order valence-corrected chi connectivity index (χ3v) is 8.70. The van der Waals surface area contributed by atoms with Crippen molar-refractivity contribution < 1.29 is 23.2 Å². The lowest BCUT2D eigenvalue weighted by Crippen LogP contribution is -2.17. The van der Waals surface area contributed by atoms with Gasteiger partial charge in [0.05, 0.1) is 21.0 Å². The summed E-state index contributed by atoms with van der Waals surface area (Å²) < 4.78 is 28.0. The van der Waals surface area contributed by atoms with Crippen molar-refractivity contribution in [1.29, 1.82) is 0 Å². The van der Waals surface area contributed by atoms with Gasteiger partial charge in [0.25, 0.3) is 0 Å². The molecular weight excluding hydrogens is 626 g/mol. The Kier molecular flexibility index (Phi) is 9.48. The molecule has 0 saturated heterocycles. The molecule has 1 aliphatic rings. The molecule has 2 atom stereocenters. The number of carbonyl (C=O) groups excluding carboxylic acids is 3. The summed E-state index contributed by atoms with van der Waals surface area (Å²) in [5.74, 6) is -4.51. The Bertz CT molecular complexity index is 1510. The van der Waals surface area contributed by atoms with Crippen molar-refractivity contribution in [1.82, 2.24) is 0 Å². The van der Waals surface area contributed by atoms with E-state index in [9.17, 15) is 18.8 Å². The molecule has 210 valence electrons. The second kappa shape index (κ2) is 12.3. The zero-order valence-corrected chi connectivity index (χ0v) is 24.8. The van der Waals surface area contributed by atoms with E-state index in [0.717, 1.165) is 12.1 Å². The van der Waals surface area contributed by atoms with Gasteiger partial charge < -0.3 is 5.32 Å². The van der Waals surface area contributed by atoms with Crippen LogP contribution in [0.2, 0.25) is 15.1 Å². The number of alkyl halides is 2. The van der Waals surface area contributed by atoms with Crippen LogP contribution in [0.25, 0.3) is 0 Å². The molecule has 0 bridgehead atoms. The topological polar surface area (TPSA) is 63.2 Å². The van der Waals surface area contributed by atoms with Crippen molar-refractivity contribution >= 4 is 81.2 Å². The molecule has 11 heteroatoms. The Balaban J connectivity index is 1.51. The van der Waals surface area contributed by atoms with Crippen molar-refractivity contribution in [2.24, 2.45) is 5.92 Å². The number of Topliss-reactive ketones (excluding diaryl/α,β-unsaturated/α-hetero) is 2. The SMILES string of the molecule is CCCC(=O)Cc1c(F)ccc(CC(=O)c2cc(NC(=O)[C@H]3[C@H](c4ccc(Cl)c(Cl)c4)C3(Cl)Cl)ccc2Cl)c1F. The Labute approximate surface area is 254 Å². The lowest BCUT2D eigenvalue weighted by molar-refractivity contribution is -0.119. The minimum absolute atomic E-state index is 0.0200. The molecule has 4 rings (SSSR count). The number of ketones is 2. The fraction of sp³-hybridized carbons (Fsp3) is 0.276. The molecule has 1 N–H and O–H groups in total. The maximum absolute atomic E-state index is 15.1. The normalized spacial score (nSPS) is 17.4. The first-order valence-corrected chi connectivity index (χ1v) is 14.2. The Morgan fingerprint density at radius 1 is 0.900 bits per heavy atom. The predicted octanol–water partition coefficient (Wildman–Crippen LogP) is 8.79. The predicted molar refractivity (Wildman–Crippen MR) is 155 cm³/mol. The summed E-state index contributed by atoms with van der Waals surface area (Å²) >= 11 is 31.2.